The molecule has 1 aromatic rings. The molecule has 5 nitrogen and oxygen atoms in total. The second-order valence-corrected chi connectivity index (χ2v) is 6.39. The van der Waals surface area contributed by atoms with E-state index in [9.17, 15) is 4.79 Å². The van der Waals surface area contributed by atoms with Crippen molar-refractivity contribution in [1.82, 2.24) is 9.80 Å². The summed E-state index contributed by atoms with van der Waals surface area (Å²) < 4.78 is 10.8. The molecule has 1 saturated heterocycles. The molecule has 1 heterocycles. The molecule has 25 heavy (non-hydrogen) atoms. The molecule has 1 aromatic carbocycles. The second-order valence-electron chi connectivity index (χ2n) is 6.39. The van der Waals surface area contributed by atoms with E-state index in [2.05, 4.69) is 23.6 Å². The molecule has 0 unspecified atom stereocenters. The first-order chi connectivity index (χ1) is 12.1. The summed E-state index contributed by atoms with van der Waals surface area (Å²) in [5.74, 6) is 0.970. The summed E-state index contributed by atoms with van der Waals surface area (Å²) in [5.41, 5.74) is 1.27. The van der Waals surface area contributed by atoms with Gasteiger partial charge in [0.05, 0.1) is 13.7 Å². The lowest BCUT2D eigenvalue weighted by molar-refractivity contribution is -0.142. The summed E-state index contributed by atoms with van der Waals surface area (Å²) in [4.78, 5) is 16.9. The van der Waals surface area contributed by atoms with Crippen molar-refractivity contribution >= 4 is 5.91 Å². The van der Waals surface area contributed by atoms with E-state index in [0.717, 1.165) is 51.3 Å². The van der Waals surface area contributed by atoms with Crippen LogP contribution < -0.4 is 4.74 Å². The molecule has 1 atom stereocenters. The quantitative estimate of drug-likeness (QED) is 0.536. The van der Waals surface area contributed by atoms with E-state index in [-0.39, 0.29) is 12.0 Å². The van der Waals surface area contributed by atoms with Gasteiger partial charge in [0.1, 0.15) is 11.9 Å². The Morgan fingerprint density at radius 1 is 1.24 bits per heavy atom. The number of amides is 1. The number of benzene rings is 1. The van der Waals surface area contributed by atoms with Crippen LogP contribution in [0.25, 0.3) is 0 Å². The predicted octanol–water partition coefficient (Wildman–Crippen LogP) is 2.71. The molecule has 0 radical (unpaired) electrons. The van der Waals surface area contributed by atoms with Crippen LogP contribution in [0.15, 0.2) is 36.9 Å². The maximum Gasteiger partial charge on any atom is 0.251 e. The molecule has 5 heteroatoms. The Kier molecular flexibility index (Phi) is 7.95. The third kappa shape index (κ3) is 6.18. The van der Waals surface area contributed by atoms with Crippen molar-refractivity contribution in [3.63, 3.8) is 0 Å². The largest absolute Gasteiger partial charge is 0.497 e. The Bertz CT molecular complexity index is 544. The Morgan fingerprint density at radius 3 is 2.68 bits per heavy atom. The maximum absolute atomic E-state index is 12.5. The van der Waals surface area contributed by atoms with Gasteiger partial charge in [-0.3, -0.25) is 9.69 Å². The van der Waals surface area contributed by atoms with Crippen molar-refractivity contribution in [3.05, 3.63) is 42.5 Å². The number of methoxy groups -OCH3 is 1. The minimum atomic E-state index is -0.381. The van der Waals surface area contributed by atoms with Crippen molar-refractivity contribution in [1.29, 1.82) is 0 Å². The molecule has 0 saturated carbocycles. The number of ether oxygens (including phenoxy) is 2. The molecule has 0 bridgehead atoms. The molecule has 0 spiro atoms. The van der Waals surface area contributed by atoms with Crippen LogP contribution >= 0.6 is 0 Å². The molecule has 0 aliphatic carbocycles. The zero-order valence-electron chi connectivity index (χ0n) is 15.4. The van der Waals surface area contributed by atoms with Gasteiger partial charge in [-0.2, -0.15) is 0 Å². The highest BCUT2D eigenvalue weighted by Gasteiger charge is 2.23. The first-order valence-electron chi connectivity index (χ1n) is 9.00. The number of hydrogen-bond donors (Lipinski definition) is 0. The fourth-order valence-corrected chi connectivity index (χ4v) is 3.00. The topological polar surface area (TPSA) is 42.0 Å². The van der Waals surface area contributed by atoms with E-state index in [1.807, 2.05) is 24.0 Å². The van der Waals surface area contributed by atoms with Gasteiger partial charge in [-0.1, -0.05) is 18.2 Å². The summed E-state index contributed by atoms with van der Waals surface area (Å²) >= 11 is 0. The summed E-state index contributed by atoms with van der Waals surface area (Å²) in [7, 11) is 1.68. The lowest BCUT2D eigenvalue weighted by Crippen LogP contribution is -2.41. The Balaban J connectivity index is 1.82. The molecular weight excluding hydrogens is 316 g/mol. The lowest BCUT2D eigenvalue weighted by atomic mass is 10.2. The van der Waals surface area contributed by atoms with Crippen LogP contribution in [0, 0.1) is 0 Å². The highest BCUT2D eigenvalue weighted by molar-refractivity contribution is 5.80. The van der Waals surface area contributed by atoms with Gasteiger partial charge in [0.15, 0.2) is 0 Å². The summed E-state index contributed by atoms with van der Waals surface area (Å²) in [5, 5.41) is 0. The first kappa shape index (κ1) is 19.5. The Hall–Kier alpha value is -1.85. The highest BCUT2D eigenvalue weighted by atomic mass is 16.5. The van der Waals surface area contributed by atoms with Crippen LogP contribution in [0.3, 0.4) is 0 Å². The monoisotopic (exact) mass is 346 g/mol. The molecular formula is C20H30N2O3. The van der Waals surface area contributed by atoms with Gasteiger partial charge >= 0.3 is 0 Å². The van der Waals surface area contributed by atoms with Crippen molar-refractivity contribution in [2.24, 2.45) is 0 Å². The Labute approximate surface area is 151 Å². The van der Waals surface area contributed by atoms with E-state index >= 15 is 0 Å². The molecule has 1 aliphatic rings. The van der Waals surface area contributed by atoms with Gasteiger partial charge in [0, 0.05) is 32.7 Å². The lowest BCUT2D eigenvalue weighted by Gasteiger charge is -2.25. The van der Waals surface area contributed by atoms with Crippen molar-refractivity contribution < 1.29 is 14.3 Å². The van der Waals surface area contributed by atoms with Crippen LogP contribution in [0.2, 0.25) is 0 Å². The van der Waals surface area contributed by atoms with Gasteiger partial charge in [-0.05, 0) is 37.5 Å². The van der Waals surface area contributed by atoms with Gasteiger partial charge in [0.25, 0.3) is 5.91 Å². The van der Waals surface area contributed by atoms with Crippen LogP contribution in [-0.4, -0.2) is 61.7 Å². The third-order valence-electron chi connectivity index (χ3n) is 4.50. The van der Waals surface area contributed by atoms with Gasteiger partial charge < -0.3 is 14.4 Å². The SMILES string of the molecule is C=CCCO[C@H](C)C(=O)N1CCCN(Cc2ccc(OC)cc2)CC1. The number of nitrogens with zero attached hydrogens (tertiary/aromatic N) is 2. The van der Waals surface area contributed by atoms with Crippen LogP contribution in [0.5, 0.6) is 5.75 Å². The number of carbonyl (C=O) groups is 1. The van der Waals surface area contributed by atoms with Crippen molar-refractivity contribution in [2.45, 2.75) is 32.4 Å². The summed E-state index contributed by atoms with van der Waals surface area (Å²) in [6.45, 7) is 10.4. The number of hydrogen-bond acceptors (Lipinski definition) is 4. The molecule has 138 valence electrons. The minimum Gasteiger partial charge on any atom is -0.497 e. The number of carbonyl (C=O) groups excluding carboxylic acids is 1. The van der Waals surface area contributed by atoms with Crippen LogP contribution in [-0.2, 0) is 16.1 Å². The van der Waals surface area contributed by atoms with Gasteiger partial charge in [-0.25, -0.2) is 0 Å². The van der Waals surface area contributed by atoms with Crippen LogP contribution in [0.1, 0.15) is 25.3 Å². The third-order valence-corrected chi connectivity index (χ3v) is 4.50. The standard InChI is InChI=1S/C20H30N2O3/c1-4-5-15-25-17(2)20(23)22-12-6-11-21(13-14-22)16-18-7-9-19(24-3)10-8-18/h4,7-10,17H,1,5-6,11-16H2,2-3H3/t17-/m1/s1. The predicted molar refractivity (Wildman–Crippen MR) is 99.7 cm³/mol. The fraction of sp³-hybridized carbons (Fsp3) is 0.550. The average Bonchev–Trinajstić information content (AvgIpc) is 2.87. The molecule has 1 aliphatic heterocycles. The van der Waals surface area contributed by atoms with E-state index in [1.165, 1.54) is 5.56 Å². The van der Waals surface area contributed by atoms with Gasteiger partial charge in [-0.15, -0.1) is 6.58 Å². The van der Waals surface area contributed by atoms with Gasteiger partial charge in [0.2, 0.25) is 0 Å². The first-order valence-corrected chi connectivity index (χ1v) is 9.00. The van der Waals surface area contributed by atoms with E-state index in [4.69, 9.17) is 9.47 Å². The molecule has 0 N–H and O–H groups in total. The van der Waals surface area contributed by atoms with E-state index < -0.39 is 0 Å². The van der Waals surface area contributed by atoms with Crippen LogP contribution in [0.4, 0.5) is 0 Å². The molecule has 1 fully saturated rings. The molecule has 2 rings (SSSR count). The number of rotatable bonds is 8. The summed E-state index contributed by atoms with van der Waals surface area (Å²) in [6.07, 6.45) is 3.18. The minimum absolute atomic E-state index is 0.0929. The smallest absolute Gasteiger partial charge is 0.251 e. The fourth-order valence-electron chi connectivity index (χ4n) is 3.00. The highest BCUT2D eigenvalue weighted by Crippen LogP contribution is 2.14. The van der Waals surface area contributed by atoms with E-state index in [1.54, 1.807) is 13.2 Å². The van der Waals surface area contributed by atoms with E-state index in [0.29, 0.717) is 6.61 Å². The van der Waals surface area contributed by atoms with Crippen molar-refractivity contribution in [3.8, 4) is 5.75 Å². The second kappa shape index (κ2) is 10.2. The zero-order valence-corrected chi connectivity index (χ0v) is 15.4. The Morgan fingerprint density at radius 2 is 2.00 bits per heavy atom. The average molecular weight is 346 g/mol. The van der Waals surface area contributed by atoms with Crippen molar-refractivity contribution in [2.75, 3.05) is 39.9 Å². The molecule has 1 amide bonds. The maximum atomic E-state index is 12.5. The normalized spacial score (nSPS) is 17.0. The summed E-state index contributed by atoms with van der Waals surface area (Å²) in [6, 6.07) is 8.18. The molecule has 0 aromatic heterocycles. The zero-order chi connectivity index (χ0) is 18.1.